The molecule has 30 heavy (non-hydrogen) atoms. The van der Waals surface area contributed by atoms with E-state index in [9.17, 15) is 9.59 Å². The van der Waals surface area contributed by atoms with E-state index >= 15 is 0 Å². The largest absolute Gasteiger partial charge is 0.352 e. The first-order valence-electron chi connectivity index (χ1n) is 11.3. The molecule has 0 spiro atoms. The Hall–Kier alpha value is -2.34. The van der Waals surface area contributed by atoms with Gasteiger partial charge in [-0.2, -0.15) is 0 Å². The van der Waals surface area contributed by atoms with Crippen LogP contribution in [0, 0.1) is 5.92 Å². The van der Waals surface area contributed by atoms with Crippen LogP contribution in [0.2, 0.25) is 0 Å². The molecular formula is C24H34N4O2. The minimum Gasteiger partial charge on any atom is -0.352 e. The lowest BCUT2D eigenvalue weighted by molar-refractivity contribution is -0.145. The van der Waals surface area contributed by atoms with E-state index in [1.54, 1.807) is 6.92 Å². The highest BCUT2D eigenvalue weighted by Gasteiger charge is 2.45. The molecule has 2 fully saturated rings. The lowest BCUT2D eigenvalue weighted by atomic mass is 9.96. The summed E-state index contributed by atoms with van der Waals surface area (Å²) in [5.41, 5.74) is 2.55. The van der Waals surface area contributed by atoms with Gasteiger partial charge in [0.2, 0.25) is 11.8 Å². The Balaban J connectivity index is 1.61. The molecule has 2 aromatic rings. The Morgan fingerprint density at radius 2 is 2.00 bits per heavy atom. The minimum atomic E-state index is -0.0962. The minimum absolute atomic E-state index is 0.0183. The second-order valence-electron chi connectivity index (χ2n) is 9.31. The summed E-state index contributed by atoms with van der Waals surface area (Å²) in [7, 11) is 0. The normalized spacial score (nSPS) is 24.6. The monoisotopic (exact) mass is 410 g/mol. The number of para-hydroxylation sites is 1. The van der Waals surface area contributed by atoms with Crippen molar-refractivity contribution in [2.75, 3.05) is 13.1 Å². The average molecular weight is 411 g/mol. The molecule has 162 valence electrons. The van der Waals surface area contributed by atoms with Crippen molar-refractivity contribution in [3.63, 3.8) is 0 Å². The molecule has 0 bridgehead atoms. The average Bonchev–Trinajstić information content (AvgIpc) is 3.25. The molecule has 2 aliphatic rings. The van der Waals surface area contributed by atoms with E-state index < -0.39 is 0 Å². The molecule has 6 nitrogen and oxygen atoms in total. The summed E-state index contributed by atoms with van der Waals surface area (Å²) < 4.78 is 2.29. The Labute approximate surface area is 179 Å². The van der Waals surface area contributed by atoms with Crippen molar-refractivity contribution >= 4 is 22.7 Å². The van der Waals surface area contributed by atoms with Crippen LogP contribution in [0.3, 0.4) is 0 Å². The Morgan fingerprint density at radius 3 is 2.70 bits per heavy atom. The molecule has 6 heteroatoms. The third-order valence-electron chi connectivity index (χ3n) is 6.56. The zero-order valence-electron chi connectivity index (χ0n) is 18.6. The highest BCUT2D eigenvalue weighted by Crippen LogP contribution is 2.31. The lowest BCUT2D eigenvalue weighted by Gasteiger charge is -2.43. The molecule has 1 aromatic heterocycles. The van der Waals surface area contributed by atoms with Gasteiger partial charge in [-0.1, -0.05) is 32.0 Å². The number of rotatable bonds is 6. The van der Waals surface area contributed by atoms with E-state index in [1.165, 1.54) is 16.5 Å². The zero-order valence-corrected chi connectivity index (χ0v) is 18.6. The number of nitrogens with zero attached hydrogens (tertiary/aromatic N) is 3. The van der Waals surface area contributed by atoms with Gasteiger partial charge in [-0.25, -0.2) is 0 Å². The van der Waals surface area contributed by atoms with Crippen molar-refractivity contribution < 1.29 is 9.59 Å². The van der Waals surface area contributed by atoms with E-state index in [0.29, 0.717) is 12.5 Å². The number of amides is 2. The summed E-state index contributed by atoms with van der Waals surface area (Å²) in [5.74, 6) is 0.658. The van der Waals surface area contributed by atoms with Crippen LogP contribution in [0.25, 0.3) is 10.9 Å². The molecule has 0 saturated carbocycles. The number of piperazine rings is 1. The molecule has 2 aliphatic heterocycles. The van der Waals surface area contributed by atoms with Crippen LogP contribution in [0.15, 0.2) is 30.5 Å². The van der Waals surface area contributed by atoms with Crippen molar-refractivity contribution in [3.8, 4) is 0 Å². The molecule has 2 saturated heterocycles. The standard InChI is InChI=1S/C24H34N4O2/c1-5-26-12-18(21-8-6-7-9-22(21)26)13-27-15-20-11-19(25-17(4)29)14-28(20)24(30)23(27)10-16(2)3/h6-9,12,16,19-20,23H,5,10-11,13-15H2,1-4H3,(H,25,29)/t19-,20-,23-/m0/s1. The summed E-state index contributed by atoms with van der Waals surface area (Å²) in [5, 5.41) is 4.30. The van der Waals surface area contributed by atoms with E-state index in [4.69, 9.17) is 0 Å². The van der Waals surface area contributed by atoms with E-state index in [0.717, 1.165) is 32.5 Å². The van der Waals surface area contributed by atoms with Crippen molar-refractivity contribution in [2.45, 2.75) is 71.8 Å². The Bertz CT molecular complexity index is 934. The van der Waals surface area contributed by atoms with Crippen LogP contribution in [0.4, 0.5) is 0 Å². The topological polar surface area (TPSA) is 57.6 Å². The molecule has 0 unspecified atom stereocenters. The Kier molecular flexibility index (Phi) is 5.87. The van der Waals surface area contributed by atoms with Gasteiger partial charge in [0.25, 0.3) is 0 Å². The van der Waals surface area contributed by atoms with E-state index in [-0.39, 0.29) is 29.9 Å². The summed E-state index contributed by atoms with van der Waals surface area (Å²) in [6.45, 7) is 11.3. The number of carbonyl (C=O) groups excluding carboxylic acids is 2. The Morgan fingerprint density at radius 1 is 1.23 bits per heavy atom. The molecule has 3 atom stereocenters. The molecule has 0 aliphatic carbocycles. The maximum Gasteiger partial charge on any atom is 0.240 e. The first-order chi connectivity index (χ1) is 14.4. The zero-order chi connectivity index (χ0) is 21.4. The summed E-state index contributed by atoms with van der Waals surface area (Å²) >= 11 is 0. The second-order valence-corrected chi connectivity index (χ2v) is 9.31. The van der Waals surface area contributed by atoms with Gasteiger partial charge in [0, 0.05) is 62.3 Å². The van der Waals surface area contributed by atoms with Crippen molar-refractivity contribution in [2.24, 2.45) is 5.92 Å². The van der Waals surface area contributed by atoms with Crippen molar-refractivity contribution in [1.82, 2.24) is 19.7 Å². The molecule has 1 N–H and O–H groups in total. The molecule has 4 rings (SSSR count). The number of hydrogen-bond acceptors (Lipinski definition) is 3. The fourth-order valence-electron chi connectivity index (χ4n) is 5.30. The number of aryl methyl sites for hydroxylation is 1. The van der Waals surface area contributed by atoms with Gasteiger partial charge in [-0.3, -0.25) is 14.5 Å². The lowest BCUT2D eigenvalue weighted by Crippen LogP contribution is -2.59. The molecule has 1 aromatic carbocycles. The first-order valence-corrected chi connectivity index (χ1v) is 11.3. The maximum absolute atomic E-state index is 13.5. The van der Waals surface area contributed by atoms with Gasteiger partial charge < -0.3 is 14.8 Å². The quantitative estimate of drug-likeness (QED) is 0.797. The number of fused-ring (bicyclic) bond motifs is 2. The second kappa shape index (κ2) is 8.42. The van der Waals surface area contributed by atoms with Gasteiger partial charge >= 0.3 is 0 Å². The predicted molar refractivity (Wildman–Crippen MR) is 119 cm³/mol. The van der Waals surface area contributed by atoms with E-state index in [1.807, 2.05) is 4.90 Å². The highest BCUT2D eigenvalue weighted by atomic mass is 16.2. The van der Waals surface area contributed by atoms with Crippen LogP contribution < -0.4 is 5.32 Å². The number of benzene rings is 1. The first kappa shape index (κ1) is 20.9. The molecule has 3 heterocycles. The van der Waals surface area contributed by atoms with Gasteiger partial charge in [-0.05, 0) is 37.3 Å². The van der Waals surface area contributed by atoms with Crippen LogP contribution in [0.5, 0.6) is 0 Å². The number of nitrogens with one attached hydrogen (secondary N) is 1. The van der Waals surface area contributed by atoms with Gasteiger partial charge in [0.15, 0.2) is 0 Å². The predicted octanol–water partition coefficient (Wildman–Crippen LogP) is 3.00. The fraction of sp³-hybridized carbons (Fsp3) is 0.583. The highest BCUT2D eigenvalue weighted by molar-refractivity contribution is 5.85. The van der Waals surface area contributed by atoms with Crippen LogP contribution in [0.1, 0.15) is 46.1 Å². The SMILES string of the molecule is CCn1cc(CN2C[C@@H]3C[C@H](NC(C)=O)CN3C(=O)[C@@H]2CC(C)C)c2ccccc21. The van der Waals surface area contributed by atoms with Crippen molar-refractivity contribution in [3.05, 3.63) is 36.0 Å². The van der Waals surface area contributed by atoms with Crippen LogP contribution >= 0.6 is 0 Å². The number of aromatic nitrogens is 1. The van der Waals surface area contributed by atoms with Crippen LogP contribution in [-0.4, -0.2) is 57.4 Å². The summed E-state index contributed by atoms with van der Waals surface area (Å²) in [4.78, 5) is 29.4. The molecular weight excluding hydrogens is 376 g/mol. The van der Waals surface area contributed by atoms with Gasteiger partial charge in [0.05, 0.1) is 6.04 Å². The van der Waals surface area contributed by atoms with Gasteiger partial charge in [0.1, 0.15) is 0 Å². The smallest absolute Gasteiger partial charge is 0.240 e. The third-order valence-corrected chi connectivity index (χ3v) is 6.56. The summed E-state index contributed by atoms with van der Waals surface area (Å²) in [6, 6.07) is 8.69. The molecule has 0 radical (unpaired) electrons. The van der Waals surface area contributed by atoms with Crippen molar-refractivity contribution in [1.29, 1.82) is 0 Å². The fourth-order valence-corrected chi connectivity index (χ4v) is 5.30. The van der Waals surface area contributed by atoms with Crippen LogP contribution in [-0.2, 0) is 22.7 Å². The number of hydrogen-bond donors (Lipinski definition) is 1. The number of carbonyl (C=O) groups is 2. The van der Waals surface area contributed by atoms with E-state index in [2.05, 4.69) is 66.0 Å². The third kappa shape index (κ3) is 3.97. The summed E-state index contributed by atoms with van der Waals surface area (Å²) in [6.07, 6.45) is 3.95. The molecule has 2 amide bonds. The maximum atomic E-state index is 13.5. The van der Waals surface area contributed by atoms with Gasteiger partial charge in [-0.15, -0.1) is 0 Å².